The fourth-order valence-electron chi connectivity index (χ4n) is 3.46. The molecule has 3 rings (SSSR count). The Labute approximate surface area is 140 Å². The van der Waals surface area contributed by atoms with E-state index in [-0.39, 0.29) is 0 Å². The van der Waals surface area contributed by atoms with E-state index in [1.807, 2.05) is 0 Å². The number of hydrogen-bond acceptors (Lipinski definition) is 2. The van der Waals surface area contributed by atoms with Crippen LogP contribution in [-0.2, 0) is 6.42 Å². The lowest BCUT2D eigenvalue weighted by atomic mass is 9.96. The van der Waals surface area contributed by atoms with E-state index in [0.717, 1.165) is 25.3 Å². The fourth-order valence-corrected chi connectivity index (χ4v) is 3.46. The molecule has 2 heteroatoms. The summed E-state index contributed by atoms with van der Waals surface area (Å²) in [5.74, 6) is 1.05. The Morgan fingerprint density at radius 1 is 0.913 bits per heavy atom. The Kier molecular flexibility index (Phi) is 5.71. The Bertz CT molecular complexity index is 602. The predicted molar refractivity (Wildman–Crippen MR) is 97.0 cm³/mol. The van der Waals surface area contributed by atoms with Crippen LogP contribution in [0.15, 0.2) is 48.5 Å². The van der Waals surface area contributed by atoms with Crippen molar-refractivity contribution in [1.82, 2.24) is 4.90 Å². The maximum Gasteiger partial charge on any atom is 0.123 e. The third-order valence-electron chi connectivity index (χ3n) is 4.64. The molecular weight excluding hydrogens is 282 g/mol. The molecule has 1 fully saturated rings. The van der Waals surface area contributed by atoms with E-state index in [1.165, 1.54) is 49.0 Å². The summed E-state index contributed by atoms with van der Waals surface area (Å²) in [6.07, 6.45) is 5.14. The quantitative estimate of drug-likeness (QED) is 0.761. The summed E-state index contributed by atoms with van der Waals surface area (Å²) in [6.45, 7) is 6.40. The highest BCUT2D eigenvalue weighted by Gasteiger charge is 2.14. The van der Waals surface area contributed by atoms with Gasteiger partial charge >= 0.3 is 0 Å². The highest BCUT2D eigenvalue weighted by molar-refractivity contribution is 5.70. The van der Waals surface area contributed by atoms with Gasteiger partial charge in [-0.3, -0.25) is 0 Å². The molecule has 0 N–H and O–H groups in total. The summed E-state index contributed by atoms with van der Waals surface area (Å²) in [6, 6.07) is 17.1. The zero-order valence-corrected chi connectivity index (χ0v) is 14.1. The van der Waals surface area contributed by atoms with E-state index in [9.17, 15) is 0 Å². The molecular formula is C21H27NO. The van der Waals surface area contributed by atoms with Crippen LogP contribution >= 0.6 is 0 Å². The molecule has 122 valence electrons. The second-order valence-corrected chi connectivity index (χ2v) is 6.23. The van der Waals surface area contributed by atoms with Crippen molar-refractivity contribution in [3.05, 3.63) is 54.1 Å². The fraction of sp³-hybridized carbons (Fsp3) is 0.429. The van der Waals surface area contributed by atoms with E-state index in [1.54, 1.807) is 0 Å². The van der Waals surface area contributed by atoms with Crippen LogP contribution in [0.1, 0.15) is 31.7 Å². The van der Waals surface area contributed by atoms with Gasteiger partial charge in [-0.15, -0.1) is 0 Å². The second kappa shape index (κ2) is 8.16. The number of ether oxygens (including phenoxy) is 1. The number of nitrogens with zero attached hydrogens (tertiary/aromatic N) is 1. The molecule has 0 bridgehead atoms. The van der Waals surface area contributed by atoms with Crippen molar-refractivity contribution >= 4 is 0 Å². The van der Waals surface area contributed by atoms with Crippen LogP contribution in [-0.4, -0.2) is 31.1 Å². The molecule has 0 atom stereocenters. The average Bonchev–Trinajstić information content (AvgIpc) is 2.62. The van der Waals surface area contributed by atoms with Gasteiger partial charge in [-0.1, -0.05) is 48.9 Å². The predicted octanol–water partition coefficient (Wildman–Crippen LogP) is 4.78. The normalized spacial score (nSPS) is 15.5. The topological polar surface area (TPSA) is 12.5 Å². The highest BCUT2D eigenvalue weighted by atomic mass is 16.5. The summed E-state index contributed by atoms with van der Waals surface area (Å²) in [4.78, 5) is 2.60. The molecule has 0 unspecified atom stereocenters. The monoisotopic (exact) mass is 309 g/mol. The van der Waals surface area contributed by atoms with Crippen LogP contribution in [0.3, 0.4) is 0 Å². The Balaban J connectivity index is 1.85. The van der Waals surface area contributed by atoms with Gasteiger partial charge in [-0.2, -0.15) is 0 Å². The number of benzene rings is 2. The van der Waals surface area contributed by atoms with Gasteiger partial charge in [-0.05, 0) is 56.5 Å². The van der Waals surface area contributed by atoms with Gasteiger partial charge in [0.25, 0.3) is 0 Å². The first-order valence-electron chi connectivity index (χ1n) is 8.91. The molecule has 0 aromatic heterocycles. The summed E-state index contributed by atoms with van der Waals surface area (Å²) in [5, 5.41) is 0. The molecule has 2 nitrogen and oxygen atoms in total. The van der Waals surface area contributed by atoms with E-state index >= 15 is 0 Å². The minimum absolute atomic E-state index is 0.717. The zero-order chi connectivity index (χ0) is 15.9. The highest BCUT2D eigenvalue weighted by Crippen LogP contribution is 2.31. The number of likely N-dealkylation sites (tertiary alicyclic amines) is 1. The van der Waals surface area contributed by atoms with Gasteiger partial charge in [-0.25, -0.2) is 0 Å². The minimum Gasteiger partial charge on any atom is -0.494 e. The lowest BCUT2D eigenvalue weighted by Gasteiger charge is -2.27. The summed E-state index contributed by atoms with van der Waals surface area (Å²) in [5.41, 5.74) is 3.95. The molecule has 1 aliphatic rings. The number of hydrogen-bond donors (Lipinski definition) is 0. The number of rotatable bonds is 6. The van der Waals surface area contributed by atoms with E-state index in [2.05, 4.69) is 60.4 Å². The SMILES string of the molecule is CCOc1cccc(-c2ccccc2)c1CCN1CCCCC1. The van der Waals surface area contributed by atoms with Crippen molar-refractivity contribution in [2.45, 2.75) is 32.6 Å². The maximum absolute atomic E-state index is 5.92. The van der Waals surface area contributed by atoms with Gasteiger partial charge in [0.15, 0.2) is 0 Å². The third kappa shape index (κ3) is 4.14. The minimum atomic E-state index is 0.717. The van der Waals surface area contributed by atoms with Crippen molar-refractivity contribution in [1.29, 1.82) is 0 Å². The Morgan fingerprint density at radius 3 is 2.43 bits per heavy atom. The summed E-state index contributed by atoms with van der Waals surface area (Å²) >= 11 is 0. The van der Waals surface area contributed by atoms with E-state index in [0.29, 0.717) is 0 Å². The zero-order valence-electron chi connectivity index (χ0n) is 14.1. The first-order valence-corrected chi connectivity index (χ1v) is 8.91. The molecule has 0 spiro atoms. The van der Waals surface area contributed by atoms with Gasteiger partial charge in [0.2, 0.25) is 0 Å². The van der Waals surface area contributed by atoms with Crippen molar-refractivity contribution in [3.8, 4) is 16.9 Å². The maximum atomic E-state index is 5.92. The van der Waals surface area contributed by atoms with Crippen molar-refractivity contribution in [3.63, 3.8) is 0 Å². The van der Waals surface area contributed by atoms with Crippen LogP contribution in [0.25, 0.3) is 11.1 Å². The Morgan fingerprint density at radius 2 is 1.70 bits per heavy atom. The molecule has 1 aliphatic heterocycles. The largest absolute Gasteiger partial charge is 0.494 e. The molecule has 0 saturated carbocycles. The van der Waals surface area contributed by atoms with Crippen LogP contribution in [0.2, 0.25) is 0 Å². The molecule has 2 aromatic rings. The van der Waals surface area contributed by atoms with E-state index in [4.69, 9.17) is 4.74 Å². The first kappa shape index (κ1) is 16.1. The van der Waals surface area contributed by atoms with Crippen LogP contribution in [0.5, 0.6) is 5.75 Å². The smallest absolute Gasteiger partial charge is 0.123 e. The molecule has 1 heterocycles. The van der Waals surface area contributed by atoms with Crippen molar-refractivity contribution < 1.29 is 4.74 Å². The van der Waals surface area contributed by atoms with E-state index < -0.39 is 0 Å². The lowest BCUT2D eigenvalue weighted by Crippen LogP contribution is -2.31. The number of piperidine rings is 1. The van der Waals surface area contributed by atoms with Gasteiger partial charge in [0.05, 0.1) is 6.61 Å². The third-order valence-corrected chi connectivity index (χ3v) is 4.64. The van der Waals surface area contributed by atoms with Gasteiger partial charge in [0.1, 0.15) is 5.75 Å². The lowest BCUT2D eigenvalue weighted by molar-refractivity contribution is 0.230. The summed E-state index contributed by atoms with van der Waals surface area (Å²) in [7, 11) is 0. The molecule has 0 radical (unpaired) electrons. The van der Waals surface area contributed by atoms with Gasteiger partial charge in [0, 0.05) is 12.1 Å². The van der Waals surface area contributed by atoms with Crippen LogP contribution < -0.4 is 4.74 Å². The van der Waals surface area contributed by atoms with Crippen molar-refractivity contribution in [2.24, 2.45) is 0 Å². The van der Waals surface area contributed by atoms with Gasteiger partial charge < -0.3 is 9.64 Å². The van der Waals surface area contributed by atoms with Crippen LogP contribution in [0.4, 0.5) is 0 Å². The first-order chi connectivity index (χ1) is 11.4. The molecule has 23 heavy (non-hydrogen) atoms. The molecule has 0 amide bonds. The molecule has 0 aliphatic carbocycles. The van der Waals surface area contributed by atoms with Crippen LogP contribution in [0, 0.1) is 0 Å². The summed E-state index contributed by atoms with van der Waals surface area (Å²) < 4.78 is 5.92. The standard InChI is InChI=1S/C21H27NO/c1-2-23-21-13-9-12-19(18-10-5-3-6-11-18)20(21)14-17-22-15-7-4-8-16-22/h3,5-6,9-13H,2,4,7-8,14-17H2,1H3. The Hall–Kier alpha value is -1.80. The van der Waals surface area contributed by atoms with Crippen molar-refractivity contribution in [2.75, 3.05) is 26.2 Å². The second-order valence-electron chi connectivity index (χ2n) is 6.23. The molecule has 1 saturated heterocycles. The molecule has 2 aromatic carbocycles. The average molecular weight is 309 g/mol.